The summed E-state index contributed by atoms with van der Waals surface area (Å²) in [4.78, 5) is 36.9. The normalized spacial score (nSPS) is 21.7. The van der Waals surface area contributed by atoms with E-state index in [9.17, 15) is 22.8 Å². The highest BCUT2D eigenvalue weighted by molar-refractivity contribution is 7.89. The Morgan fingerprint density at radius 3 is 2.56 bits per heavy atom. The Balaban J connectivity index is 1.77. The smallest absolute Gasteiger partial charge is 0.338 e. The van der Waals surface area contributed by atoms with Crippen molar-refractivity contribution in [2.45, 2.75) is 43.7 Å². The van der Waals surface area contributed by atoms with Crippen LogP contribution in [0.25, 0.3) is 0 Å². The average molecular weight is 486 g/mol. The molecule has 2 atom stereocenters. The van der Waals surface area contributed by atoms with Gasteiger partial charge in [0.25, 0.3) is 0 Å². The number of halogens is 1. The molecule has 0 saturated carbocycles. The average Bonchev–Trinajstić information content (AvgIpc) is 3.23. The first kappa shape index (κ1) is 24.0. The Morgan fingerprint density at radius 1 is 1.22 bits per heavy atom. The summed E-state index contributed by atoms with van der Waals surface area (Å²) in [6, 6.07) is 3.46. The van der Waals surface area contributed by atoms with Crippen molar-refractivity contribution < 1.29 is 32.3 Å². The van der Waals surface area contributed by atoms with Crippen molar-refractivity contribution in [1.82, 2.24) is 14.9 Å². The Morgan fingerprint density at radius 2 is 1.91 bits per heavy atom. The molecule has 2 heterocycles. The molecule has 2 unspecified atom stereocenters. The van der Waals surface area contributed by atoms with Gasteiger partial charge in [0.2, 0.25) is 10.0 Å². The van der Waals surface area contributed by atoms with E-state index in [1.54, 1.807) is 13.8 Å². The molecule has 0 spiro atoms. The third-order valence-electron chi connectivity index (χ3n) is 5.12. The quantitative estimate of drug-likeness (QED) is 0.560. The number of nitrogens with one attached hydrogen (secondary N) is 2. The van der Waals surface area contributed by atoms with Gasteiger partial charge in [-0.2, -0.15) is 4.31 Å². The monoisotopic (exact) mass is 485 g/mol. The van der Waals surface area contributed by atoms with E-state index in [0.29, 0.717) is 17.9 Å². The van der Waals surface area contributed by atoms with Gasteiger partial charge in [0.1, 0.15) is 12.6 Å². The molecule has 10 nitrogen and oxygen atoms in total. The largest absolute Gasteiger partial charge is 0.463 e. The maximum atomic E-state index is 13.0. The summed E-state index contributed by atoms with van der Waals surface area (Å²) in [5.41, 5.74) is 0.231. The molecule has 12 heteroatoms. The van der Waals surface area contributed by atoms with Crippen molar-refractivity contribution >= 4 is 39.6 Å². The number of hydrogen-bond acceptors (Lipinski definition) is 7. The van der Waals surface area contributed by atoms with Gasteiger partial charge in [-0.05, 0) is 51.0 Å². The fraction of sp³-hybridized carbons (Fsp3) is 0.450. The molecule has 0 aromatic heterocycles. The number of amides is 2. The number of carbonyl (C=O) groups excluding carboxylic acids is 3. The zero-order valence-corrected chi connectivity index (χ0v) is 19.2. The lowest BCUT2D eigenvalue weighted by Crippen LogP contribution is -2.50. The highest BCUT2D eigenvalue weighted by atomic mass is 35.5. The second kappa shape index (κ2) is 9.88. The molecule has 3 rings (SSSR count). The van der Waals surface area contributed by atoms with Crippen LogP contribution in [0.5, 0.6) is 0 Å². The van der Waals surface area contributed by atoms with Crippen molar-refractivity contribution in [1.29, 1.82) is 0 Å². The number of benzene rings is 1. The highest BCUT2D eigenvalue weighted by Gasteiger charge is 2.41. The number of nitrogens with zero attached hydrogens (tertiary/aromatic N) is 1. The van der Waals surface area contributed by atoms with Gasteiger partial charge in [-0.15, -0.1) is 0 Å². The van der Waals surface area contributed by atoms with Crippen molar-refractivity contribution in [3.63, 3.8) is 0 Å². The molecule has 2 N–H and O–H groups in total. The zero-order valence-electron chi connectivity index (χ0n) is 17.6. The summed E-state index contributed by atoms with van der Waals surface area (Å²) in [5, 5.41) is 5.40. The van der Waals surface area contributed by atoms with Crippen molar-refractivity contribution in [2.24, 2.45) is 0 Å². The molecule has 2 aliphatic rings. The van der Waals surface area contributed by atoms with Gasteiger partial charge in [0, 0.05) is 11.6 Å². The molecule has 1 saturated heterocycles. The Bertz CT molecular complexity index is 1040. The topological polar surface area (TPSA) is 131 Å². The van der Waals surface area contributed by atoms with Gasteiger partial charge in [0.15, 0.2) is 0 Å². The number of sulfonamides is 1. The van der Waals surface area contributed by atoms with E-state index < -0.39 is 46.7 Å². The Labute approximate surface area is 190 Å². The molecule has 1 fully saturated rings. The maximum absolute atomic E-state index is 13.0. The van der Waals surface area contributed by atoms with E-state index in [2.05, 4.69) is 10.6 Å². The van der Waals surface area contributed by atoms with Gasteiger partial charge in [-0.3, -0.25) is 4.79 Å². The van der Waals surface area contributed by atoms with E-state index in [0.717, 1.165) is 4.31 Å². The maximum Gasteiger partial charge on any atom is 0.338 e. The number of hydrogen-bond donors (Lipinski definition) is 2. The third kappa shape index (κ3) is 5.05. The minimum Gasteiger partial charge on any atom is -0.463 e. The van der Waals surface area contributed by atoms with E-state index in [4.69, 9.17) is 21.1 Å². The molecule has 1 aromatic rings. The van der Waals surface area contributed by atoms with Crippen LogP contribution in [0.2, 0.25) is 5.02 Å². The molecule has 0 radical (unpaired) electrons. The predicted octanol–water partition coefficient (Wildman–Crippen LogP) is 1.55. The fourth-order valence-electron chi connectivity index (χ4n) is 3.64. The predicted molar refractivity (Wildman–Crippen MR) is 114 cm³/mol. The Kier molecular flexibility index (Phi) is 7.42. The molecule has 1 aromatic carbocycles. The first-order valence-electron chi connectivity index (χ1n) is 10.1. The van der Waals surface area contributed by atoms with E-state index in [1.165, 1.54) is 24.3 Å². The number of rotatable bonds is 7. The molecule has 0 bridgehead atoms. The van der Waals surface area contributed by atoms with Gasteiger partial charge in [0.05, 0.1) is 28.8 Å². The number of esters is 2. The van der Waals surface area contributed by atoms with Crippen LogP contribution in [0.15, 0.2) is 40.4 Å². The summed E-state index contributed by atoms with van der Waals surface area (Å²) >= 11 is 5.84. The molecular weight excluding hydrogens is 462 g/mol. The summed E-state index contributed by atoms with van der Waals surface area (Å²) in [6.07, 6.45) is 0.779. The lowest BCUT2D eigenvalue weighted by molar-refractivity contribution is -0.147. The van der Waals surface area contributed by atoms with Gasteiger partial charge in [-0.25, -0.2) is 18.0 Å². The minimum atomic E-state index is -3.93. The highest BCUT2D eigenvalue weighted by Crippen LogP contribution is 2.28. The summed E-state index contributed by atoms with van der Waals surface area (Å²) in [6.45, 7) is 3.14. The molecule has 2 amide bonds. The van der Waals surface area contributed by atoms with Crippen molar-refractivity contribution in [3.05, 3.63) is 40.6 Å². The van der Waals surface area contributed by atoms with Crippen LogP contribution in [-0.4, -0.2) is 62.5 Å². The van der Waals surface area contributed by atoms with Crippen molar-refractivity contribution in [3.8, 4) is 0 Å². The van der Waals surface area contributed by atoms with Crippen LogP contribution in [0, 0.1) is 0 Å². The fourth-order valence-corrected chi connectivity index (χ4v) is 5.41. The van der Waals surface area contributed by atoms with E-state index in [1.807, 2.05) is 0 Å². The first-order chi connectivity index (χ1) is 15.1. The minimum absolute atomic E-state index is 0.0216. The standard InChI is InChI=1S/C20H24ClN3O7S/c1-3-30-19(26)17-12(2)22-20(27)23-15(17)11-31-18(25)16-5-4-10-24(16)32(28,29)14-8-6-13(21)7-9-14/h6-9,12,16H,3-5,10-11H2,1-2H3,(H2,22,23,27). The van der Waals surface area contributed by atoms with Crippen LogP contribution in [0.1, 0.15) is 26.7 Å². The van der Waals surface area contributed by atoms with Crippen LogP contribution < -0.4 is 10.6 Å². The van der Waals surface area contributed by atoms with Crippen LogP contribution in [-0.2, 0) is 29.1 Å². The van der Waals surface area contributed by atoms with E-state index >= 15 is 0 Å². The van der Waals surface area contributed by atoms with E-state index in [-0.39, 0.29) is 29.3 Å². The van der Waals surface area contributed by atoms with Gasteiger partial charge < -0.3 is 20.1 Å². The summed E-state index contributed by atoms with van der Waals surface area (Å²) < 4.78 is 37.5. The molecule has 174 valence electrons. The zero-order chi connectivity index (χ0) is 23.5. The van der Waals surface area contributed by atoms with Gasteiger partial charge in [-0.1, -0.05) is 11.6 Å². The number of ether oxygens (including phenoxy) is 2. The van der Waals surface area contributed by atoms with Gasteiger partial charge >= 0.3 is 18.0 Å². The van der Waals surface area contributed by atoms with Crippen LogP contribution >= 0.6 is 11.6 Å². The summed E-state index contributed by atoms with van der Waals surface area (Å²) in [5.74, 6) is -1.41. The summed E-state index contributed by atoms with van der Waals surface area (Å²) in [7, 11) is -3.93. The van der Waals surface area contributed by atoms with Crippen molar-refractivity contribution in [2.75, 3.05) is 19.8 Å². The second-order valence-electron chi connectivity index (χ2n) is 7.27. The van der Waals surface area contributed by atoms with Crippen LogP contribution in [0.3, 0.4) is 0 Å². The van der Waals surface area contributed by atoms with Crippen LogP contribution in [0.4, 0.5) is 4.79 Å². The number of urea groups is 1. The lowest BCUT2D eigenvalue weighted by Gasteiger charge is -2.27. The third-order valence-corrected chi connectivity index (χ3v) is 7.29. The SMILES string of the molecule is CCOC(=O)C1=C(COC(=O)C2CCCN2S(=O)(=O)c2ccc(Cl)cc2)NC(=O)NC1C. The lowest BCUT2D eigenvalue weighted by atomic mass is 10.0. The Hall–Kier alpha value is -2.63. The molecule has 2 aliphatic heterocycles. The molecule has 0 aliphatic carbocycles. The second-order valence-corrected chi connectivity index (χ2v) is 9.60. The number of carbonyl (C=O) groups is 3. The molecular formula is C20H24ClN3O7S. The molecule has 32 heavy (non-hydrogen) atoms. The first-order valence-corrected chi connectivity index (χ1v) is 11.9.